The lowest BCUT2D eigenvalue weighted by atomic mass is 9.95. The summed E-state index contributed by atoms with van der Waals surface area (Å²) in [4.78, 5) is 24.0. The SMILES string of the molecule is C[C@H](NC(=O)CCC(F)(F)F)NC(=O)c1ccc(/C(F)=C/C(c2cc(Br)cc(Br)c2)C(F)(F)F)cc1C(F)(F)F. The molecule has 1 unspecified atom stereocenters. The Morgan fingerprint density at radius 2 is 1.48 bits per heavy atom. The van der Waals surface area contributed by atoms with Gasteiger partial charge in [0.05, 0.1) is 23.7 Å². The Morgan fingerprint density at radius 1 is 0.900 bits per heavy atom. The highest BCUT2D eigenvalue weighted by atomic mass is 79.9. The van der Waals surface area contributed by atoms with Gasteiger partial charge in [-0.3, -0.25) is 9.59 Å². The standard InChI is InChI=1S/C24H18Br2F10N2O2/c1-11(37-20(39)4-5-22(28,29)30)38-21(40)16-3-2-12(8-18(16)24(34,35)36)19(27)10-17(23(31,32)33)13-6-14(25)9-15(26)7-13/h2-3,6-11,17H,4-5H2,1H3,(H,37,39)(H,38,40)/b19-10-/t11-,17?/m1/s1. The van der Waals surface area contributed by atoms with Crippen LogP contribution in [0.3, 0.4) is 0 Å². The van der Waals surface area contributed by atoms with Gasteiger partial charge in [-0.25, -0.2) is 4.39 Å². The first-order valence-corrected chi connectivity index (χ1v) is 12.5. The van der Waals surface area contributed by atoms with Gasteiger partial charge in [0.1, 0.15) is 11.7 Å². The van der Waals surface area contributed by atoms with Gasteiger partial charge >= 0.3 is 18.5 Å². The summed E-state index contributed by atoms with van der Waals surface area (Å²) < 4.78 is 135. The highest BCUT2D eigenvalue weighted by Gasteiger charge is 2.41. The Bertz CT molecular complexity index is 1250. The molecule has 0 heterocycles. The second-order valence-corrected chi connectivity index (χ2v) is 10.2. The molecule has 2 aromatic carbocycles. The molecule has 2 N–H and O–H groups in total. The first-order valence-electron chi connectivity index (χ1n) is 11.0. The lowest BCUT2D eigenvalue weighted by molar-refractivity contribution is -0.144. The zero-order valence-corrected chi connectivity index (χ0v) is 23.1. The molecule has 2 aromatic rings. The van der Waals surface area contributed by atoms with Gasteiger partial charge in [0.2, 0.25) is 5.91 Å². The third-order valence-electron chi connectivity index (χ3n) is 5.12. The van der Waals surface area contributed by atoms with Crippen LogP contribution in [0.5, 0.6) is 0 Å². The minimum Gasteiger partial charge on any atom is -0.336 e. The van der Waals surface area contributed by atoms with Crippen LogP contribution in [0.1, 0.15) is 52.7 Å². The van der Waals surface area contributed by atoms with Crippen molar-refractivity contribution >= 4 is 49.5 Å². The minimum atomic E-state index is -5.26. The lowest BCUT2D eigenvalue weighted by Crippen LogP contribution is -2.46. The molecular weight excluding hydrogens is 698 g/mol. The Hall–Kier alpha value is -2.62. The van der Waals surface area contributed by atoms with Crippen molar-refractivity contribution in [2.24, 2.45) is 0 Å². The number of halogens is 12. The normalized spacial score (nSPS) is 14.5. The van der Waals surface area contributed by atoms with E-state index in [1.165, 1.54) is 6.07 Å². The second-order valence-electron chi connectivity index (χ2n) is 8.37. The zero-order valence-electron chi connectivity index (χ0n) is 20.0. The second kappa shape index (κ2) is 12.9. The molecule has 16 heteroatoms. The maximum atomic E-state index is 15.0. The fourth-order valence-electron chi connectivity index (χ4n) is 3.38. The highest BCUT2D eigenvalue weighted by Crippen LogP contribution is 2.41. The first-order chi connectivity index (χ1) is 18.2. The van der Waals surface area contributed by atoms with Gasteiger partial charge in [0.15, 0.2) is 0 Å². The zero-order chi connectivity index (χ0) is 30.6. The van der Waals surface area contributed by atoms with E-state index in [2.05, 4.69) is 31.9 Å². The van der Waals surface area contributed by atoms with E-state index in [1.54, 1.807) is 0 Å². The van der Waals surface area contributed by atoms with Crippen LogP contribution in [0.15, 0.2) is 51.4 Å². The van der Waals surface area contributed by atoms with E-state index < -0.39 is 83.3 Å². The number of hydrogen-bond donors (Lipinski definition) is 2. The number of carbonyl (C=O) groups excluding carboxylic acids is 2. The number of amides is 2. The van der Waals surface area contributed by atoms with E-state index in [1.807, 2.05) is 10.6 Å². The third kappa shape index (κ3) is 10.1. The summed E-state index contributed by atoms with van der Waals surface area (Å²) in [5.74, 6) is -6.76. The Labute approximate surface area is 237 Å². The molecule has 2 atom stereocenters. The van der Waals surface area contributed by atoms with Crippen molar-refractivity contribution in [3.05, 3.63) is 73.7 Å². The van der Waals surface area contributed by atoms with E-state index in [9.17, 15) is 53.5 Å². The lowest BCUT2D eigenvalue weighted by Gasteiger charge is -2.20. The van der Waals surface area contributed by atoms with Crippen LogP contribution in [0.25, 0.3) is 5.83 Å². The molecule has 0 spiro atoms. The summed E-state index contributed by atoms with van der Waals surface area (Å²) >= 11 is 6.03. The van der Waals surface area contributed by atoms with Crippen LogP contribution >= 0.6 is 31.9 Å². The van der Waals surface area contributed by atoms with Gasteiger partial charge in [0, 0.05) is 20.9 Å². The Kier molecular flexibility index (Phi) is 10.8. The Balaban J connectivity index is 2.36. The smallest absolute Gasteiger partial charge is 0.336 e. The summed E-state index contributed by atoms with van der Waals surface area (Å²) in [7, 11) is 0. The van der Waals surface area contributed by atoms with Gasteiger partial charge in [0.25, 0.3) is 5.91 Å². The van der Waals surface area contributed by atoms with E-state index in [-0.39, 0.29) is 21.1 Å². The van der Waals surface area contributed by atoms with Crippen LogP contribution in [0, 0.1) is 0 Å². The summed E-state index contributed by atoms with van der Waals surface area (Å²) in [5.41, 5.74) is -4.08. The Morgan fingerprint density at radius 3 is 1.98 bits per heavy atom. The van der Waals surface area contributed by atoms with Crippen LogP contribution < -0.4 is 10.6 Å². The van der Waals surface area contributed by atoms with E-state index in [4.69, 9.17) is 0 Å². The molecule has 220 valence electrons. The van der Waals surface area contributed by atoms with Gasteiger partial charge in [-0.2, -0.15) is 39.5 Å². The molecule has 0 bridgehead atoms. The fraction of sp³-hybridized carbons (Fsp3) is 0.333. The van der Waals surface area contributed by atoms with Crippen molar-refractivity contribution < 1.29 is 53.5 Å². The molecule has 0 saturated heterocycles. The van der Waals surface area contributed by atoms with Crippen LogP contribution in [-0.4, -0.2) is 30.3 Å². The summed E-state index contributed by atoms with van der Waals surface area (Å²) in [5, 5.41) is 3.92. The van der Waals surface area contributed by atoms with Crippen molar-refractivity contribution in [2.45, 2.75) is 50.4 Å². The molecule has 0 aliphatic heterocycles. The molecule has 2 rings (SSSR count). The van der Waals surface area contributed by atoms with E-state index in [0.717, 1.165) is 19.1 Å². The number of alkyl halides is 9. The maximum Gasteiger partial charge on any atom is 0.417 e. The molecule has 0 aromatic heterocycles. The molecule has 0 radical (unpaired) electrons. The number of benzene rings is 2. The van der Waals surface area contributed by atoms with Crippen LogP contribution in [-0.2, 0) is 11.0 Å². The van der Waals surface area contributed by atoms with Gasteiger partial charge < -0.3 is 10.6 Å². The first kappa shape index (κ1) is 33.6. The summed E-state index contributed by atoms with van der Waals surface area (Å²) in [6, 6.07) is 4.88. The molecule has 0 saturated carbocycles. The average Bonchev–Trinajstić information content (AvgIpc) is 2.78. The number of rotatable bonds is 8. The number of hydrogen-bond acceptors (Lipinski definition) is 2. The van der Waals surface area contributed by atoms with Crippen molar-refractivity contribution in [3.8, 4) is 0 Å². The van der Waals surface area contributed by atoms with E-state index >= 15 is 0 Å². The highest BCUT2D eigenvalue weighted by molar-refractivity contribution is 9.11. The van der Waals surface area contributed by atoms with Crippen molar-refractivity contribution in [1.29, 1.82) is 0 Å². The van der Waals surface area contributed by atoms with Crippen molar-refractivity contribution in [2.75, 3.05) is 0 Å². The largest absolute Gasteiger partial charge is 0.417 e. The van der Waals surface area contributed by atoms with E-state index in [0.29, 0.717) is 12.1 Å². The van der Waals surface area contributed by atoms with Crippen molar-refractivity contribution in [1.82, 2.24) is 10.6 Å². The van der Waals surface area contributed by atoms with Gasteiger partial charge in [-0.15, -0.1) is 0 Å². The summed E-state index contributed by atoms with van der Waals surface area (Å²) in [6.45, 7) is 1.07. The number of carbonyl (C=O) groups is 2. The molecule has 0 aliphatic rings. The average molecular weight is 716 g/mol. The summed E-state index contributed by atoms with van der Waals surface area (Å²) in [6.07, 6.45) is -18.7. The molecule has 4 nitrogen and oxygen atoms in total. The molecular formula is C24H18Br2F10N2O2. The molecule has 2 amide bonds. The van der Waals surface area contributed by atoms with Crippen LogP contribution in [0.2, 0.25) is 0 Å². The van der Waals surface area contributed by atoms with Crippen molar-refractivity contribution in [3.63, 3.8) is 0 Å². The van der Waals surface area contributed by atoms with Gasteiger partial charge in [-0.05, 0) is 48.9 Å². The predicted octanol–water partition coefficient (Wildman–Crippen LogP) is 8.42. The minimum absolute atomic E-state index is 0.0992. The third-order valence-corrected chi connectivity index (χ3v) is 6.03. The molecule has 0 aliphatic carbocycles. The number of nitrogens with one attached hydrogen (secondary N) is 2. The molecule has 0 fully saturated rings. The van der Waals surface area contributed by atoms with Gasteiger partial charge in [-0.1, -0.05) is 37.9 Å². The monoisotopic (exact) mass is 714 g/mol. The van der Waals surface area contributed by atoms with Crippen LogP contribution in [0.4, 0.5) is 43.9 Å². The maximum absolute atomic E-state index is 15.0. The predicted molar refractivity (Wildman–Crippen MR) is 132 cm³/mol. The topological polar surface area (TPSA) is 58.2 Å². The quantitative estimate of drug-likeness (QED) is 0.213. The number of allylic oxidation sites excluding steroid dienone is 1. The fourth-order valence-corrected chi connectivity index (χ4v) is 4.71. The molecule has 40 heavy (non-hydrogen) atoms.